The second-order valence-electron chi connectivity index (χ2n) is 7.62. The quantitative estimate of drug-likeness (QED) is 0.863. The standard InChI is InChI=1S/C21H26N2O3S/c1-15-11-17-13-18(23-9-5-6-10-23)14-26-21(17)20(12-15)27(24,25)22-19-8-4-3-7-16(19)2/h3-5,8-9,11-12,16,18,22H,6-7,10,13-14H2,1-2H3/t16?,18-/m1/s1. The lowest BCUT2D eigenvalue weighted by atomic mass is 10.00. The molecule has 0 saturated heterocycles. The third kappa shape index (κ3) is 3.63. The average Bonchev–Trinajstić information content (AvgIpc) is 3.17. The van der Waals surface area contributed by atoms with Gasteiger partial charge in [-0.1, -0.05) is 31.2 Å². The highest BCUT2D eigenvalue weighted by Gasteiger charge is 2.31. The average molecular weight is 387 g/mol. The maximum atomic E-state index is 13.1. The van der Waals surface area contributed by atoms with E-state index < -0.39 is 10.0 Å². The Morgan fingerprint density at radius 2 is 2.11 bits per heavy atom. The first-order valence-corrected chi connectivity index (χ1v) is 11.0. The van der Waals surface area contributed by atoms with E-state index in [0.29, 0.717) is 12.4 Å². The SMILES string of the molecule is Cc1cc2c(c(S(=O)(=O)NC3=CC=CCC3C)c1)OC[C@H](N1C=CCC1)C2. The molecule has 0 radical (unpaired) electrons. The minimum Gasteiger partial charge on any atom is -0.490 e. The minimum absolute atomic E-state index is 0.151. The predicted molar refractivity (Wildman–Crippen MR) is 106 cm³/mol. The molecule has 2 heterocycles. The fourth-order valence-electron chi connectivity index (χ4n) is 3.94. The van der Waals surface area contributed by atoms with Crippen LogP contribution in [0.2, 0.25) is 0 Å². The monoisotopic (exact) mass is 386 g/mol. The van der Waals surface area contributed by atoms with Gasteiger partial charge in [-0.25, -0.2) is 8.42 Å². The molecule has 0 spiro atoms. The maximum absolute atomic E-state index is 13.1. The molecule has 0 bridgehead atoms. The van der Waals surface area contributed by atoms with Crippen molar-refractivity contribution in [3.05, 3.63) is 59.5 Å². The molecule has 2 aliphatic heterocycles. The number of fused-ring (bicyclic) bond motifs is 1. The predicted octanol–water partition coefficient (Wildman–Crippen LogP) is 3.28. The number of aryl methyl sites for hydroxylation is 1. The number of sulfonamides is 1. The van der Waals surface area contributed by atoms with Gasteiger partial charge in [-0.2, -0.15) is 0 Å². The van der Waals surface area contributed by atoms with Gasteiger partial charge in [0.1, 0.15) is 17.3 Å². The first-order chi connectivity index (χ1) is 12.9. The van der Waals surface area contributed by atoms with Gasteiger partial charge in [-0.3, -0.25) is 4.72 Å². The zero-order valence-electron chi connectivity index (χ0n) is 15.8. The molecule has 0 fully saturated rings. The maximum Gasteiger partial charge on any atom is 0.265 e. The summed E-state index contributed by atoms with van der Waals surface area (Å²) in [7, 11) is -3.70. The van der Waals surface area contributed by atoms with Crippen molar-refractivity contribution in [3.63, 3.8) is 0 Å². The van der Waals surface area contributed by atoms with Crippen LogP contribution in [0.3, 0.4) is 0 Å². The van der Waals surface area contributed by atoms with Crippen molar-refractivity contribution in [2.45, 2.75) is 44.0 Å². The van der Waals surface area contributed by atoms with Crippen LogP contribution in [-0.4, -0.2) is 32.5 Å². The Hall–Kier alpha value is -2.21. The lowest BCUT2D eigenvalue weighted by Crippen LogP contribution is -2.39. The second kappa shape index (κ2) is 7.08. The summed E-state index contributed by atoms with van der Waals surface area (Å²) in [6.45, 7) is 5.46. The van der Waals surface area contributed by atoms with Gasteiger partial charge < -0.3 is 9.64 Å². The van der Waals surface area contributed by atoms with Crippen LogP contribution >= 0.6 is 0 Å². The van der Waals surface area contributed by atoms with E-state index in [4.69, 9.17) is 4.74 Å². The van der Waals surface area contributed by atoms with Crippen molar-refractivity contribution >= 4 is 10.0 Å². The van der Waals surface area contributed by atoms with Crippen LogP contribution in [0.4, 0.5) is 0 Å². The Balaban J connectivity index is 1.65. The smallest absolute Gasteiger partial charge is 0.265 e. The largest absolute Gasteiger partial charge is 0.490 e. The Bertz CT molecular complexity index is 931. The molecule has 5 nitrogen and oxygen atoms in total. The van der Waals surface area contributed by atoms with E-state index in [0.717, 1.165) is 42.6 Å². The van der Waals surface area contributed by atoms with E-state index in [9.17, 15) is 8.42 Å². The fourth-order valence-corrected chi connectivity index (χ4v) is 5.40. The van der Waals surface area contributed by atoms with Crippen LogP contribution in [0.25, 0.3) is 0 Å². The number of hydrogen-bond donors (Lipinski definition) is 1. The molecule has 3 aliphatic rings. The highest BCUT2D eigenvalue weighted by Crippen LogP contribution is 2.35. The summed E-state index contributed by atoms with van der Waals surface area (Å²) >= 11 is 0. The normalized spacial score (nSPS) is 24.4. The molecular formula is C21H26N2O3S. The lowest BCUT2D eigenvalue weighted by Gasteiger charge is -2.33. The van der Waals surface area contributed by atoms with E-state index >= 15 is 0 Å². The Labute approximate surface area is 161 Å². The molecule has 2 atom stereocenters. The number of hydrogen-bond acceptors (Lipinski definition) is 4. The van der Waals surface area contributed by atoms with Crippen molar-refractivity contribution < 1.29 is 13.2 Å². The fraction of sp³-hybridized carbons (Fsp3) is 0.429. The second-order valence-corrected chi connectivity index (χ2v) is 9.27. The van der Waals surface area contributed by atoms with Gasteiger partial charge in [0.25, 0.3) is 10.0 Å². The van der Waals surface area contributed by atoms with Gasteiger partial charge in [-0.15, -0.1) is 0 Å². The number of rotatable bonds is 4. The van der Waals surface area contributed by atoms with Crippen LogP contribution in [0.5, 0.6) is 5.75 Å². The highest BCUT2D eigenvalue weighted by atomic mass is 32.2. The third-order valence-electron chi connectivity index (χ3n) is 5.45. The van der Waals surface area contributed by atoms with Crippen molar-refractivity contribution in [1.29, 1.82) is 0 Å². The van der Waals surface area contributed by atoms with Crippen LogP contribution in [0.1, 0.15) is 30.9 Å². The molecule has 1 unspecified atom stereocenters. The molecule has 0 amide bonds. The van der Waals surface area contributed by atoms with Crippen molar-refractivity contribution in [1.82, 2.24) is 9.62 Å². The molecular weight excluding hydrogens is 360 g/mol. The highest BCUT2D eigenvalue weighted by molar-refractivity contribution is 7.89. The molecule has 1 aromatic carbocycles. The summed E-state index contributed by atoms with van der Waals surface area (Å²) in [6.07, 6.45) is 12.8. The van der Waals surface area contributed by atoms with Gasteiger partial charge in [-0.05, 0) is 55.7 Å². The van der Waals surface area contributed by atoms with Crippen LogP contribution in [0, 0.1) is 12.8 Å². The van der Waals surface area contributed by atoms with E-state index in [1.165, 1.54) is 0 Å². The van der Waals surface area contributed by atoms with Crippen molar-refractivity contribution in [2.24, 2.45) is 5.92 Å². The summed E-state index contributed by atoms with van der Waals surface area (Å²) in [4.78, 5) is 2.54. The molecule has 0 aromatic heterocycles. The molecule has 1 aromatic rings. The number of nitrogens with zero attached hydrogens (tertiary/aromatic N) is 1. The van der Waals surface area contributed by atoms with Crippen molar-refractivity contribution in [3.8, 4) is 5.75 Å². The first kappa shape index (κ1) is 18.2. The molecule has 144 valence electrons. The van der Waals surface area contributed by atoms with E-state index in [1.807, 2.05) is 38.1 Å². The molecule has 6 heteroatoms. The minimum atomic E-state index is -3.70. The molecule has 4 rings (SSSR count). The summed E-state index contributed by atoms with van der Waals surface area (Å²) in [5, 5.41) is 0. The molecule has 1 N–H and O–H groups in total. The molecule has 0 saturated carbocycles. The van der Waals surface area contributed by atoms with E-state index in [1.54, 1.807) is 6.07 Å². The van der Waals surface area contributed by atoms with Gasteiger partial charge in [0.2, 0.25) is 0 Å². The van der Waals surface area contributed by atoms with Gasteiger partial charge in [0.15, 0.2) is 0 Å². The first-order valence-electron chi connectivity index (χ1n) is 9.52. The number of allylic oxidation sites excluding steroid dienone is 4. The summed E-state index contributed by atoms with van der Waals surface area (Å²) in [5.74, 6) is 0.657. The number of ether oxygens (including phenoxy) is 1. The van der Waals surface area contributed by atoms with Gasteiger partial charge >= 0.3 is 0 Å². The van der Waals surface area contributed by atoms with E-state index in [2.05, 4.69) is 21.9 Å². The Morgan fingerprint density at radius 1 is 1.26 bits per heavy atom. The lowest BCUT2D eigenvalue weighted by molar-refractivity contribution is 0.163. The third-order valence-corrected chi connectivity index (χ3v) is 6.83. The van der Waals surface area contributed by atoms with Crippen LogP contribution in [-0.2, 0) is 16.4 Å². The summed E-state index contributed by atoms with van der Waals surface area (Å²) in [5.41, 5.74) is 2.63. The zero-order valence-corrected chi connectivity index (χ0v) is 16.6. The number of nitrogens with one attached hydrogen (secondary N) is 1. The zero-order chi connectivity index (χ0) is 19.0. The summed E-state index contributed by atoms with van der Waals surface area (Å²) < 4.78 is 35.1. The Kier molecular flexibility index (Phi) is 4.76. The van der Waals surface area contributed by atoms with Crippen LogP contribution < -0.4 is 9.46 Å². The van der Waals surface area contributed by atoms with Gasteiger partial charge in [0.05, 0.1) is 6.04 Å². The topological polar surface area (TPSA) is 58.6 Å². The van der Waals surface area contributed by atoms with Crippen LogP contribution in [0.15, 0.2) is 53.2 Å². The van der Waals surface area contributed by atoms with E-state index in [-0.39, 0.29) is 16.9 Å². The molecule has 27 heavy (non-hydrogen) atoms. The number of benzene rings is 1. The molecule has 1 aliphatic carbocycles. The summed E-state index contributed by atoms with van der Waals surface area (Å²) in [6, 6.07) is 4.01. The Morgan fingerprint density at radius 3 is 2.85 bits per heavy atom. The van der Waals surface area contributed by atoms with Gasteiger partial charge in [0, 0.05) is 18.2 Å². The van der Waals surface area contributed by atoms with Crippen molar-refractivity contribution in [2.75, 3.05) is 13.2 Å².